The number of carboxylic acid groups (broad SMARTS) is 1. The fourth-order valence-electron chi connectivity index (χ4n) is 4.48. The SMILES string of the molecule is Cc1cccc(NC(=O)C(C)CCNC(=O)OCC2c3ccccc3-c3ccccc32)c1C(=O)O. The Morgan fingerprint density at radius 2 is 1.57 bits per heavy atom. The van der Waals surface area contributed by atoms with E-state index in [0.29, 0.717) is 12.0 Å². The van der Waals surface area contributed by atoms with Crippen LogP contribution in [0, 0.1) is 12.8 Å². The predicted octanol–water partition coefficient (Wildman–Crippen LogP) is 5.20. The van der Waals surface area contributed by atoms with Crippen LogP contribution in [-0.4, -0.2) is 36.2 Å². The van der Waals surface area contributed by atoms with Crippen molar-refractivity contribution in [3.8, 4) is 11.1 Å². The van der Waals surface area contributed by atoms with Gasteiger partial charge in [0.2, 0.25) is 5.91 Å². The molecule has 0 saturated carbocycles. The summed E-state index contributed by atoms with van der Waals surface area (Å²) in [6.45, 7) is 3.89. The lowest BCUT2D eigenvalue weighted by Crippen LogP contribution is -2.30. The number of ether oxygens (including phenoxy) is 1. The Morgan fingerprint density at radius 3 is 2.20 bits per heavy atom. The number of benzene rings is 3. The zero-order valence-electron chi connectivity index (χ0n) is 19.7. The summed E-state index contributed by atoms with van der Waals surface area (Å²) < 4.78 is 5.52. The molecule has 0 bridgehead atoms. The van der Waals surface area contributed by atoms with Crippen LogP contribution in [0.25, 0.3) is 11.1 Å². The highest BCUT2D eigenvalue weighted by Gasteiger charge is 2.29. The lowest BCUT2D eigenvalue weighted by Gasteiger charge is -2.16. The second-order valence-electron chi connectivity index (χ2n) is 8.73. The van der Waals surface area contributed by atoms with Crippen molar-refractivity contribution in [1.29, 1.82) is 0 Å². The van der Waals surface area contributed by atoms with Crippen molar-refractivity contribution in [2.45, 2.75) is 26.2 Å². The molecule has 3 N–H and O–H groups in total. The van der Waals surface area contributed by atoms with Crippen LogP contribution in [-0.2, 0) is 9.53 Å². The molecule has 0 aliphatic heterocycles. The number of rotatable bonds is 8. The van der Waals surface area contributed by atoms with Gasteiger partial charge in [-0.25, -0.2) is 9.59 Å². The first-order valence-electron chi connectivity index (χ1n) is 11.6. The smallest absolute Gasteiger partial charge is 0.407 e. The molecular weight excluding hydrogens is 444 g/mol. The number of hydrogen-bond donors (Lipinski definition) is 3. The minimum atomic E-state index is -1.09. The summed E-state index contributed by atoms with van der Waals surface area (Å²) in [4.78, 5) is 36.4. The minimum absolute atomic E-state index is 0.0180. The Morgan fingerprint density at radius 1 is 0.943 bits per heavy atom. The highest BCUT2D eigenvalue weighted by molar-refractivity contribution is 6.02. The second-order valence-corrected chi connectivity index (χ2v) is 8.73. The summed E-state index contributed by atoms with van der Waals surface area (Å²) in [6.07, 6.45) is -0.157. The fraction of sp³-hybridized carbons (Fsp3) is 0.250. The maximum Gasteiger partial charge on any atom is 0.407 e. The van der Waals surface area contributed by atoms with Gasteiger partial charge in [-0.05, 0) is 47.2 Å². The van der Waals surface area contributed by atoms with Crippen LogP contribution in [0.3, 0.4) is 0 Å². The summed E-state index contributed by atoms with van der Waals surface area (Å²) >= 11 is 0. The Labute approximate surface area is 204 Å². The molecular formula is C28H28N2O5. The number of carboxylic acids is 1. The molecule has 2 amide bonds. The first-order valence-corrected chi connectivity index (χ1v) is 11.6. The van der Waals surface area contributed by atoms with Crippen LogP contribution in [0.4, 0.5) is 10.5 Å². The maximum absolute atomic E-state index is 12.6. The molecule has 3 aromatic carbocycles. The number of alkyl carbamates (subject to hydrolysis) is 1. The molecule has 1 unspecified atom stereocenters. The van der Waals surface area contributed by atoms with E-state index in [1.807, 2.05) is 24.3 Å². The van der Waals surface area contributed by atoms with Crippen LogP contribution in [0.2, 0.25) is 0 Å². The highest BCUT2D eigenvalue weighted by atomic mass is 16.5. The molecule has 180 valence electrons. The average molecular weight is 473 g/mol. The number of amides is 2. The first kappa shape index (κ1) is 24.0. The molecule has 4 rings (SSSR count). The average Bonchev–Trinajstić information content (AvgIpc) is 3.16. The van der Waals surface area contributed by atoms with E-state index in [9.17, 15) is 19.5 Å². The number of aryl methyl sites for hydroxylation is 1. The molecule has 35 heavy (non-hydrogen) atoms. The van der Waals surface area contributed by atoms with Crippen LogP contribution in [0.15, 0.2) is 66.7 Å². The van der Waals surface area contributed by atoms with Gasteiger partial charge in [0, 0.05) is 18.4 Å². The van der Waals surface area contributed by atoms with Crippen LogP contribution in [0.5, 0.6) is 0 Å². The van der Waals surface area contributed by atoms with Gasteiger partial charge in [0.1, 0.15) is 6.61 Å². The summed E-state index contributed by atoms with van der Waals surface area (Å²) in [5.41, 5.74) is 5.52. The monoisotopic (exact) mass is 472 g/mol. The van der Waals surface area contributed by atoms with Gasteiger partial charge >= 0.3 is 12.1 Å². The van der Waals surface area contributed by atoms with E-state index in [2.05, 4.69) is 34.9 Å². The standard InChI is InChI=1S/C28H28N2O5/c1-17-8-7-13-24(25(17)27(32)33)30-26(31)18(2)14-15-29-28(34)35-16-23-21-11-5-3-9-19(21)20-10-4-6-12-22(20)23/h3-13,18,23H,14-16H2,1-2H3,(H,29,34)(H,30,31)(H,32,33). The summed E-state index contributed by atoms with van der Waals surface area (Å²) in [5.74, 6) is -1.86. The van der Waals surface area contributed by atoms with Crippen LogP contribution >= 0.6 is 0 Å². The zero-order valence-corrected chi connectivity index (χ0v) is 19.7. The van der Waals surface area contributed by atoms with Crippen LogP contribution < -0.4 is 10.6 Å². The van der Waals surface area contributed by atoms with Gasteiger partial charge in [-0.15, -0.1) is 0 Å². The summed E-state index contributed by atoms with van der Waals surface area (Å²) in [5, 5.41) is 14.8. The Hall–Kier alpha value is -4.13. The third-order valence-corrected chi connectivity index (χ3v) is 6.38. The van der Waals surface area contributed by atoms with Crippen LogP contribution in [0.1, 0.15) is 46.3 Å². The molecule has 0 saturated heterocycles. The largest absolute Gasteiger partial charge is 0.478 e. The van der Waals surface area contributed by atoms with E-state index >= 15 is 0 Å². The number of hydrogen-bond acceptors (Lipinski definition) is 4. The number of anilines is 1. The van der Waals surface area contributed by atoms with E-state index in [1.54, 1.807) is 32.0 Å². The van der Waals surface area contributed by atoms with E-state index < -0.39 is 18.0 Å². The number of aromatic carboxylic acids is 1. The topological polar surface area (TPSA) is 105 Å². The van der Waals surface area contributed by atoms with Crippen molar-refractivity contribution in [2.75, 3.05) is 18.5 Å². The number of fused-ring (bicyclic) bond motifs is 3. The molecule has 0 aromatic heterocycles. The predicted molar refractivity (Wildman–Crippen MR) is 134 cm³/mol. The fourth-order valence-corrected chi connectivity index (χ4v) is 4.48. The van der Waals surface area contributed by atoms with Gasteiger partial charge in [0.15, 0.2) is 0 Å². The molecule has 3 aromatic rings. The molecule has 1 aliphatic carbocycles. The number of carbonyl (C=O) groups is 3. The Balaban J connectivity index is 1.27. The number of carbonyl (C=O) groups excluding carboxylic acids is 2. The quantitative estimate of drug-likeness (QED) is 0.418. The summed E-state index contributed by atoms with van der Waals surface area (Å²) in [6, 6.07) is 21.2. The van der Waals surface area contributed by atoms with Gasteiger partial charge in [-0.3, -0.25) is 4.79 Å². The first-order chi connectivity index (χ1) is 16.9. The van der Waals surface area contributed by atoms with Gasteiger partial charge in [-0.2, -0.15) is 0 Å². The molecule has 7 nitrogen and oxygen atoms in total. The van der Waals surface area contributed by atoms with E-state index in [-0.39, 0.29) is 36.2 Å². The second kappa shape index (κ2) is 10.4. The lowest BCUT2D eigenvalue weighted by molar-refractivity contribution is -0.119. The van der Waals surface area contributed by atoms with Crippen molar-refractivity contribution in [3.05, 3.63) is 89.0 Å². The minimum Gasteiger partial charge on any atom is -0.478 e. The lowest BCUT2D eigenvalue weighted by atomic mass is 9.98. The highest BCUT2D eigenvalue weighted by Crippen LogP contribution is 2.44. The molecule has 1 atom stereocenters. The van der Waals surface area contributed by atoms with Crippen molar-refractivity contribution in [3.63, 3.8) is 0 Å². The van der Waals surface area contributed by atoms with Gasteiger partial charge in [0.05, 0.1) is 11.3 Å². The van der Waals surface area contributed by atoms with Crippen molar-refractivity contribution in [2.24, 2.45) is 5.92 Å². The Bertz CT molecular complexity index is 1220. The van der Waals surface area contributed by atoms with E-state index in [0.717, 1.165) is 22.3 Å². The van der Waals surface area contributed by atoms with Gasteiger partial charge in [-0.1, -0.05) is 67.6 Å². The molecule has 0 radical (unpaired) electrons. The van der Waals surface area contributed by atoms with Gasteiger partial charge < -0.3 is 20.5 Å². The van der Waals surface area contributed by atoms with E-state index in [4.69, 9.17) is 4.74 Å². The van der Waals surface area contributed by atoms with Crippen molar-refractivity contribution < 1.29 is 24.2 Å². The molecule has 0 fully saturated rings. The normalized spacial score (nSPS) is 12.9. The molecule has 0 spiro atoms. The maximum atomic E-state index is 12.6. The molecule has 7 heteroatoms. The van der Waals surface area contributed by atoms with E-state index in [1.165, 1.54) is 0 Å². The number of nitrogens with one attached hydrogen (secondary N) is 2. The molecule has 0 heterocycles. The zero-order chi connectivity index (χ0) is 24.9. The van der Waals surface area contributed by atoms with Gasteiger partial charge in [0.25, 0.3) is 0 Å². The Kier molecular flexibility index (Phi) is 7.15. The summed E-state index contributed by atoms with van der Waals surface area (Å²) in [7, 11) is 0. The third kappa shape index (κ3) is 5.19. The van der Waals surface area contributed by atoms with Crippen molar-refractivity contribution in [1.82, 2.24) is 5.32 Å². The third-order valence-electron chi connectivity index (χ3n) is 6.38. The molecule has 1 aliphatic rings. The van der Waals surface area contributed by atoms with Crippen molar-refractivity contribution >= 4 is 23.7 Å².